The molecular weight excluding hydrogens is 340 g/mol. The van der Waals surface area contributed by atoms with Crippen molar-refractivity contribution in [3.05, 3.63) is 41.6 Å². The van der Waals surface area contributed by atoms with Gasteiger partial charge in [0.1, 0.15) is 6.04 Å². The van der Waals surface area contributed by atoms with E-state index in [9.17, 15) is 14.9 Å². The molecule has 136 valence electrons. The molecule has 27 heavy (non-hydrogen) atoms. The van der Waals surface area contributed by atoms with Crippen molar-refractivity contribution in [3.8, 4) is 6.07 Å². The van der Waals surface area contributed by atoms with Crippen LogP contribution < -0.4 is 5.32 Å². The predicted molar refractivity (Wildman–Crippen MR) is 98.8 cm³/mol. The molecule has 0 bridgehead atoms. The Hall–Kier alpha value is -2.94. The highest BCUT2D eigenvalue weighted by atomic mass is 16.2. The Balaban J connectivity index is 1.31. The molecule has 3 atom stereocenters. The first-order chi connectivity index (χ1) is 13.2. The average Bonchev–Trinajstić information content (AvgIpc) is 3.62. The number of nitrogens with one attached hydrogen (secondary N) is 1. The van der Waals surface area contributed by atoms with Crippen molar-refractivity contribution in [2.75, 3.05) is 6.54 Å². The number of piperidine rings is 1. The standard InChI is InChI=1S/C21H20N4O2/c22-10-15-7-14-9-19(14)25(15)20(26)11-24-21(27)17-5-6-23-18-8-13(12-1-2-12)3-4-16(17)18/h3-6,8,12,14-15,19H,1-2,7,9,11H2,(H,24,27)/t14-,15+,19+/m1/s1. The molecular formula is C21H20N4O2. The number of hydrogen-bond donors (Lipinski definition) is 1. The summed E-state index contributed by atoms with van der Waals surface area (Å²) >= 11 is 0. The summed E-state index contributed by atoms with van der Waals surface area (Å²) in [5.74, 6) is 0.648. The van der Waals surface area contributed by atoms with Crippen molar-refractivity contribution in [2.45, 2.75) is 43.7 Å². The molecule has 2 amide bonds. The number of pyridine rings is 1. The van der Waals surface area contributed by atoms with Crippen LogP contribution in [0.2, 0.25) is 0 Å². The number of amides is 2. The zero-order valence-electron chi connectivity index (χ0n) is 14.9. The van der Waals surface area contributed by atoms with Crippen LogP contribution in [0.4, 0.5) is 0 Å². The maximum atomic E-state index is 12.7. The number of carbonyl (C=O) groups is 2. The topological polar surface area (TPSA) is 86.1 Å². The average molecular weight is 360 g/mol. The first kappa shape index (κ1) is 16.2. The molecule has 6 nitrogen and oxygen atoms in total. The Bertz CT molecular complexity index is 991. The molecule has 1 saturated heterocycles. The lowest BCUT2D eigenvalue weighted by Gasteiger charge is -2.22. The summed E-state index contributed by atoms with van der Waals surface area (Å²) in [5.41, 5.74) is 2.61. The largest absolute Gasteiger partial charge is 0.343 e. The van der Waals surface area contributed by atoms with E-state index in [1.165, 1.54) is 18.4 Å². The van der Waals surface area contributed by atoms with Gasteiger partial charge in [-0.3, -0.25) is 14.6 Å². The third-order valence-electron chi connectivity index (χ3n) is 6.00. The molecule has 0 radical (unpaired) electrons. The summed E-state index contributed by atoms with van der Waals surface area (Å²) in [6.07, 6.45) is 5.82. The Morgan fingerprint density at radius 3 is 2.89 bits per heavy atom. The maximum Gasteiger partial charge on any atom is 0.252 e. The summed E-state index contributed by atoms with van der Waals surface area (Å²) in [6, 6.07) is 9.82. The maximum absolute atomic E-state index is 12.7. The molecule has 0 spiro atoms. The number of nitriles is 1. The zero-order chi connectivity index (χ0) is 18.5. The highest BCUT2D eigenvalue weighted by molar-refractivity contribution is 6.07. The summed E-state index contributed by atoms with van der Waals surface area (Å²) in [5, 5.41) is 12.8. The second-order valence-corrected chi connectivity index (χ2v) is 7.84. The van der Waals surface area contributed by atoms with Crippen LogP contribution in [-0.2, 0) is 4.79 Å². The molecule has 2 aromatic rings. The van der Waals surface area contributed by atoms with Crippen molar-refractivity contribution in [2.24, 2.45) is 5.92 Å². The van der Waals surface area contributed by atoms with Crippen LogP contribution >= 0.6 is 0 Å². The molecule has 3 aliphatic rings. The molecule has 2 heterocycles. The molecule has 6 heteroatoms. The van der Waals surface area contributed by atoms with Crippen LogP contribution in [0.15, 0.2) is 30.5 Å². The smallest absolute Gasteiger partial charge is 0.252 e. The van der Waals surface area contributed by atoms with E-state index in [0.717, 1.165) is 23.7 Å². The Kier molecular flexibility index (Phi) is 3.64. The van der Waals surface area contributed by atoms with Gasteiger partial charge in [-0.05, 0) is 55.2 Å². The van der Waals surface area contributed by atoms with E-state index in [0.29, 0.717) is 17.4 Å². The SMILES string of the molecule is N#C[C@@H]1C[C@@H]2C[C@@H]2N1C(=O)CNC(=O)c1ccnc2cc(C3CC3)ccc12. The van der Waals surface area contributed by atoms with Gasteiger partial charge in [0.2, 0.25) is 5.91 Å². The van der Waals surface area contributed by atoms with Gasteiger partial charge < -0.3 is 10.2 Å². The highest BCUT2D eigenvalue weighted by Crippen LogP contribution is 2.47. The first-order valence-electron chi connectivity index (χ1n) is 9.53. The van der Waals surface area contributed by atoms with Crippen molar-refractivity contribution in [1.29, 1.82) is 5.26 Å². The molecule has 1 aromatic carbocycles. The minimum atomic E-state index is -0.347. The van der Waals surface area contributed by atoms with Gasteiger partial charge >= 0.3 is 0 Å². The van der Waals surface area contributed by atoms with E-state index < -0.39 is 0 Å². The van der Waals surface area contributed by atoms with Gasteiger partial charge in [0.15, 0.2) is 0 Å². The van der Waals surface area contributed by atoms with Crippen LogP contribution in [0.25, 0.3) is 10.9 Å². The molecule has 2 aliphatic carbocycles. The molecule has 0 unspecified atom stereocenters. The van der Waals surface area contributed by atoms with Gasteiger partial charge in [-0.2, -0.15) is 5.26 Å². The molecule has 5 rings (SSSR count). The minimum absolute atomic E-state index is 0.0792. The molecule has 1 aliphatic heterocycles. The van der Waals surface area contributed by atoms with E-state index in [2.05, 4.69) is 28.5 Å². The van der Waals surface area contributed by atoms with Gasteiger partial charge in [-0.1, -0.05) is 12.1 Å². The first-order valence-corrected chi connectivity index (χ1v) is 9.53. The van der Waals surface area contributed by atoms with Crippen molar-refractivity contribution < 1.29 is 9.59 Å². The summed E-state index contributed by atoms with van der Waals surface area (Å²) in [6.45, 7) is -0.0792. The number of fused-ring (bicyclic) bond motifs is 2. The highest BCUT2D eigenvalue weighted by Gasteiger charge is 2.53. The van der Waals surface area contributed by atoms with Crippen LogP contribution in [0, 0.1) is 17.2 Å². The van der Waals surface area contributed by atoms with E-state index >= 15 is 0 Å². The van der Waals surface area contributed by atoms with Gasteiger partial charge in [-0.15, -0.1) is 0 Å². The normalized spacial score (nSPS) is 25.7. The van der Waals surface area contributed by atoms with Crippen LogP contribution in [0.1, 0.15) is 47.5 Å². The second-order valence-electron chi connectivity index (χ2n) is 7.84. The number of likely N-dealkylation sites (tertiary alicyclic amines) is 1. The molecule has 3 fully saturated rings. The Morgan fingerprint density at radius 2 is 2.11 bits per heavy atom. The zero-order valence-corrected chi connectivity index (χ0v) is 14.9. The third-order valence-corrected chi connectivity index (χ3v) is 6.00. The second kappa shape index (κ2) is 6.05. The fourth-order valence-corrected chi connectivity index (χ4v) is 4.31. The van der Waals surface area contributed by atoms with E-state index in [1.54, 1.807) is 17.2 Å². The summed E-state index contributed by atoms with van der Waals surface area (Å²) in [4.78, 5) is 31.3. The fraction of sp³-hybridized carbons (Fsp3) is 0.429. The lowest BCUT2D eigenvalue weighted by atomic mass is 10.0. The number of carbonyl (C=O) groups excluding carboxylic acids is 2. The van der Waals surface area contributed by atoms with Crippen LogP contribution in [0.5, 0.6) is 0 Å². The van der Waals surface area contributed by atoms with Gasteiger partial charge in [0.25, 0.3) is 5.91 Å². The Labute approximate surface area is 157 Å². The van der Waals surface area contributed by atoms with Crippen LogP contribution in [-0.4, -0.2) is 40.3 Å². The lowest BCUT2D eigenvalue weighted by Crippen LogP contribution is -2.44. The predicted octanol–water partition coefficient (Wildman–Crippen LogP) is 2.35. The van der Waals surface area contributed by atoms with Gasteiger partial charge in [0.05, 0.1) is 23.7 Å². The van der Waals surface area contributed by atoms with E-state index in [4.69, 9.17) is 0 Å². The van der Waals surface area contributed by atoms with Crippen molar-refractivity contribution >= 4 is 22.7 Å². The van der Waals surface area contributed by atoms with E-state index in [-0.39, 0.29) is 30.4 Å². The van der Waals surface area contributed by atoms with Gasteiger partial charge in [-0.25, -0.2) is 0 Å². The molecule has 2 saturated carbocycles. The quantitative estimate of drug-likeness (QED) is 0.907. The molecule has 1 N–H and O–H groups in total. The third kappa shape index (κ3) is 2.84. The number of hydrogen-bond acceptors (Lipinski definition) is 4. The summed E-state index contributed by atoms with van der Waals surface area (Å²) in [7, 11) is 0. The lowest BCUT2D eigenvalue weighted by molar-refractivity contribution is -0.131. The summed E-state index contributed by atoms with van der Waals surface area (Å²) < 4.78 is 0. The number of benzene rings is 1. The monoisotopic (exact) mass is 360 g/mol. The minimum Gasteiger partial charge on any atom is -0.343 e. The van der Waals surface area contributed by atoms with E-state index in [1.807, 2.05) is 6.07 Å². The molecule has 1 aromatic heterocycles. The Morgan fingerprint density at radius 1 is 1.26 bits per heavy atom. The number of aromatic nitrogens is 1. The number of rotatable bonds is 4. The number of nitrogens with zero attached hydrogens (tertiary/aromatic N) is 3. The van der Waals surface area contributed by atoms with Crippen molar-refractivity contribution in [1.82, 2.24) is 15.2 Å². The van der Waals surface area contributed by atoms with Crippen molar-refractivity contribution in [3.63, 3.8) is 0 Å². The van der Waals surface area contributed by atoms with Crippen LogP contribution in [0.3, 0.4) is 0 Å². The fourth-order valence-electron chi connectivity index (χ4n) is 4.31. The van der Waals surface area contributed by atoms with Gasteiger partial charge in [0, 0.05) is 17.6 Å².